The second-order valence-corrected chi connectivity index (χ2v) is 11.8. The van der Waals surface area contributed by atoms with E-state index >= 15 is 0 Å². The molecule has 2 fully saturated rings. The molecule has 9 nitrogen and oxygen atoms in total. The van der Waals surface area contributed by atoms with Crippen molar-refractivity contribution in [3.8, 4) is 0 Å². The van der Waals surface area contributed by atoms with Gasteiger partial charge in [0.2, 0.25) is 10.0 Å². The highest BCUT2D eigenvalue weighted by molar-refractivity contribution is 7.92. The molecule has 5 rings (SSSR count). The van der Waals surface area contributed by atoms with Crippen molar-refractivity contribution in [3.63, 3.8) is 0 Å². The number of anilines is 4. The highest BCUT2D eigenvalue weighted by Crippen LogP contribution is 2.40. The standard InChI is InChI=1S/C25H32N6O3S/c1-25(9-10-25)28-22-5-4-11-26-24(22)30(2)19-8-12-31(20(15-19)16-32)23-14-17-13-18(29-35(3,33)34)6-7-21(17)27-23/h4-7,11,13-14,16,19-20,27-29H,8-10,12,15H2,1-3H3. The van der Waals surface area contributed by atoms with Crippen molar-refractivity contribution in [2.24, 2.45) is 0 Å². The van der Waals surface area contributed by atoms with Crippen LogP contribution in [0.5, 0.6) is 0 Å². The number of carbonyl (C=O) groups excluding carboxylic acids is 1. The lowest BCUT2D eigenvalue weighted by atomic mass is 9.96. The lowest BCUT2D eigenvalue weighted by Gasteiger charge is -2.41. The summed E-state index contributed by atoms with van der Waals surface area (Å²) in [5.41, 5.74) is 2.59. The van der Waals surface area contributed by atoms with Crippen LogP contribution < -0.4 is 19.8 Å². The number of aromatic nitrogens is 2. The van der Waals surface area contributed by atoms with Crippen LogP contribution in [0.3, 0.4) is 0 Å². The molecule has 186 valence electrons. The van der Waals surface area contributed by atoms with Crippen LogP contribution in [0.1, 0.15) is 32.6 Å². The van der Waals surface area contributed by atoms with Gasteiger partial charge in [-0.05, 0) is 69.0 Å². The molecule has 2 aromatic heterocycles. The van der Waals surface area contributed by atoms with E-state index in [1.807, 2.05) is 24.4 Å². The highest BCUT2D eigenvalue weighted by atomic mass is 32.2. The minimum atomic E-state index is -3.35. The van der Waals surface area contributed by atoms with Crippen molar-refractivity contribution < 1.29 is 13.2 Å². The quantitative estimate of drug-likeness (QED) is 0.409. The van der Waals surface area contributed by atoms with Gasteiger partial charge in [-0.2, -0.15) is 0 Å². The van der Waals surface area contributed by atoms with E-state index in [-0.39, 0.29) is 17.6 Å². The van der Waals surface area contributed by atoms with Gasteiger partial charge < -0.3 is 24.9 Å². The minimum Gasteiger partial charge on any atom is -0.377 e. The van der Waals surface area contributed by atoms with Gasteiger partial charge in [0, 0.05) is 48.0 Å². The average Bonchev–Trinajstić information content (AvgIpc) is 3.39. The fraction of sp³-hybridized carbons (Fsp3) is 0.440. The predicted octanol–water partition coefficient (Wildman–Crippen LogP) is 3.57. The Labute approximate surface area is 206 Å². The van der Waals surface area contributed by atoms with E-state index in [0.29, 0.717) is 18.7 Å². The maximum absolute atomic E-state index is 12.2. The Morgan fingerprint density at radius 3 is 2.77 bits per heavy atom. The van der Waals surface area contributed by atoms with Crippen molar-refractivity contribution in [1.29, 1.82) is 0 Å². The first-order valence-electron chi connectivity index (χ1n) is 11.9. The molecule has 1 aliphatic heterocycles. The molecule has 0 amide bonds. The van der Waals surface area contributed by atoms with Crippen molar-refractivity contribution >= 4 is 50.2 Å². The normalized spacial score (nSPS) is 21.5. The summed E-state index contributed by atoms with van der Waals surface area (Å²) in [4.78, 5) is 24.5. The molecule has 0 bridgehead atoms. The van der Waals surface area contributed by atoms with Gasteiger partial charge >= 0.3 is 0 Å². The van der Waals surface area contributed by atoms with Crippen LogP contribution in [-0.4, -0.2) is 62.1 Å². The monoisotopic (exact) mass is 496 g/mol. The molecule has 0 spiro atoms. The molecule has 3 aromatic rings. The number of sulfonamides is 1. The van der Waals surface area contributed by atoms with Gasteiger partial charge in [-0.15, -0.1) is 0 Å². The van der Waals surface area contributed by atoms with E-state index in [2.05, 4.69) is 49.8 Å². The topological polar surface area (TPSA) is 110 Å². The molecule has 2 aliphatic rings. The Bertz CT molecular complexity index is 1350. The number of hydrogen-bond acceptors (Lipinski definition) is 7. The van der Waals surface area contributed by atoms with E-state index in [1.54, 1.807) is 12.1 Å². The summed E-state index contributed by atoms with van der Waals surface area (Å²) < 4.78 is 25.7. The molecule has 10 heteroatoms. The number of rotatable bonds is 8. The number of piperidine rings is 1. The maximum atomic E-state index is 12.2. The van der Waals surface area contributed by atoms with Gasteiger partial charge in [0.25, 0.3) is 0 Å². The van der Waals surface area contributed by atoms with Crippen LogP contribution in [0.4, 0.5) is 23.0 Å². The fourth-order valence-corrected chi connectivity index (χ4v) is 5.45. The average molecular weight is 497 g/mol. The summed E-state index contributed by atoms with van der Waals surface area (Å²) in [6.07, 6.45) is 7.85. The highest BCUT2D eigenvalue weighted by Gasteiger charge is 2.38. The van der Waals surface area contributed by atoms with Gasteiger partial charge in [0.15, 0.2) is 5.82 Å². The molecule has 35 heavy (non-hydrogen) atoms. The Kier molecular flexibility index (Phi) is 5.86. The Morgan fingerprint density at radius 2 is 2.06 bits per heavy atom. The predicted molar refractivity (Wildman–Crippen MR) is 141 cm³/mol. The summed E-state index contributed by atoms with van der Waals surface area (Å²) in [5, 5.41) is 4.53. The third-order valence-corrected chi connectivity index (χ3v) is 7.70. The summed E-state index contributed by atoms with van der Waals surface area (Å²) in [7, 11) is -1.29. The molecular weight excluding hydrogens is 464 g/mol. The zero-order chi connectivity index (χ0) is 24.8. The molecule has 2 atom stereocenters. The number of H-pyrrole nitrogens is 1. The van der Waals surface area contributed by atoms with Crippen LogP contribution in [0.2, 0.25) is 0 Å². The molecule has 1 saturated heterocycles. The third-order valence-electron chi connectivity index (χ3n) is 7.10. The number of nitrogens with one attached hydrogen (secondary N) is 3. The minimum absolute atomic E-state index is 0.152. The number of aldehydes is 1. The molecule has 3 heterocycles. The zero-order valence-corrected chi connectivity index (χ0v) is 21.1. The second kappa shape index (κ2) is 8.75. The number of nitrogens with zero attached hydrogens (tertiary/aromatic N) is 3. The molecule has 3 N–H and O–H groups in total. The largest absolute Gasteiger partial charge is 0.377 e. The van der Waals surface area contributed by atoms with Crippen LogP contribution >= 0.6 is 0 Å². The lowest BCUT2D eigenvalue weighted by molar-refractivity contribution is -0.109. The van der Waals surface area contributed by atoms with Crippen LogP contribution in [0, 0.1) is 0 Å². The Balaban J connectivity index is 1.33. The first kappa shape index (κ1) is 23.5. The summed E-state index contributed by atoms with van der Waals surface area (Å²) in [6.45, 7) is 2.94. The summed E-state index contributed by atoms with van der Waals surface area (Å²) in [6, 6.07) is 11.3. The molecule has 1 saturated carbocycles. The second-order valence-electron chi connectivity index (χ2n) is 10.1. The summed E-state index contributed by atoms with van der Waals surface area (Å²) in [5.74, 6) is 1.77. The van der Waals surface area contributed by atoms with E-state index in [0.717, 1.165) is 60.0 Å². The van der Waals surface area contributed by atoms with Crippen LogP contribution in [0.15, 0.2) is 42.6 Å². The number of aromatic amines is 1. The van der Waals surface area contributed by atoms with Gasteiger partial charge in [0.05, 0.1) is 18.0 Å². The fourth-order valence-electron chi connectivity index (χ4n) is 4.89. The first-order chi connectivity index (χ1) is 16.6. The number of pyridine rings is 1. The van der Waals surface area contributed by atoms with Crippen LogP contribution in [-0.2, 0) is 14.8 Å². The van der Waals surface area contributed by atoms with Gasteiger partial charge in [-0.3, -0.25) is 4.72 Å². The zero-order valence-electron chi connectivity index (χ0n) is 20.3. The Morgan fingerprint density at radius 1 is 1.26 bits per heavy atom. The molecule has 0 radical (unpaired) electrons. The van der Waals surface area contributed by atoms with Crippen LogP contribution in [0.25, 0.3) is 10.9 Å². The van der Waals surface area contributed by atoms with Gasteiger partial charge in [-0.1, -0.05) is 0 Å². The van der Waals surface area contributed by atoms with Crippen molar-refractivity contribution in [1.82, 2.24) is 9.97 Å². The smallest absolute Gasteiger partial charge is 0.229 e. The number of benzene rings is 1. The van der Waals surface area contributed by atoms with Gasteiger partial charge in [0.1, 0.15) is 12.1 Å². The molecule has 2 unspecified atom stereocenters. The van der Waals surface area contributed by atoms with E-state index < -0.39 is 10.0 Å². The van der Waals surface area contributed by atoms with Crippen molar-refractivity contribution in [2.75, 3.05) is 39.7 Å². The van der Waals surface area contributed by atoms with Crippen molar-refractivity contribution in [3.05, 3.63) is 42.6 Å². The van der Waals surface area contributed by atoms with Gasteiger partial charge in [-0.25, -0.2) is 13.4 Å². The Hall–Kier alpha value is -3.27. The third kappa shape index (κ3) is 5.07. The summed E-state index contributed by atoms with van der Waals surface area (Å²) >= 11 is 0. The maximum Gasteiger partial charge on any atom is 0.229 e. The number of hydrogen-bond donors (Lipinski definition) is 3. The number of fused-ring (bicyclic) bond motifs is 1. The first-order valence-corrected chi connectivity index (χ1v) is 13.8. The van der Waals surface area contributed by atoms with E-state index in [4.69, 9.17) is 0 Å². The molecular formula is C25H32N6O3S. The lowest BCUT2D eigenvalue weighted by Crippen LogP contribution is -2.50. The molecule has 1 aliphatic carbocycles. The van der Waals surface area contributed by atoms with E-state index in [1.165, 1.54) is 0 Å². The van der Waals surface area contributed by atoms with Crippen molar-refractivity contribution in [2.45, 2.75) is 50.2 Å². The number of carbonyl (C=O) groups is 1. The van der Waals surface area contributed by atoms with E-state index in [9.17, 15) is 13.2 Å². The molecule has 1 aromatic carbocycles. The SMILES string of the molecule is CN(c1ncccc1NC1(C)CC1)C1CCN(c2cc3cc(NS(C)(=O)=O)ccc3[nH]2)C(C=O)C1.